The first kappa shape index (κ1) is 45.6. The Hall–Kier alpha value is -3.95. The Labute approximate surface area is 378 Å². The minimum atomic E-state index is -0.777. The zero-order valence-corrected chi connectivity index (χ0v) is 39.3. The van der Waals surface area contributed by atoms with E-state index in [4.69, 9.17) is 37.6 Å². The molecular formula is C53H70B2O8. The third-order valence-corrected chi connectivity index (χ3v) is 14.8. The molecule has 4 aliphatic rings. The lowest BCUT2D eigenvalue weighted by Gasteiger charge is -2.32. The van der Waals surface area contributed by atoms with Crippen LogP contribution in [0, 0.1) is 23.7 Å². The Morgan fingerprint density at radius 1 is 0.397 bits per heavy atom. The third kappa shape index (κ3) is 8.79. The largest absolute Gasteiger partial charge is 0.494 e. The van der Waals surface area contributed by atoms with Gasteiger partial charge in [0, 0.05) is 0 Å². The number of hydrogen-bond donors (Lipinski definition) is 0. The molecule has 4 aromatic carbocycles. The molecule has 0 atom stereocenters. The predicted molar refractivity (Wildman–Crippen MR) is 256 cm³/mol. The SMILES string of the molecule is CCC(CC)COc1cc2c(cc1OCC(CC)CC)C1(c3cc(B4OCCO4)ccc3-c3ccc(B4OCCO4)cc31)c1cc(OCC(CC)CC)c(OCC(CC)CC)cc1-2. The molecule has 0 saturated carbocycles. The number of hydrogen-bond acceptors (Lipinski definition) is 8. The first-order chi connectivity index (χ1) is 30.8. The molecule has 0 N–H and O–H groups in total. The number of ether oxygens (including phenoxy) is 4. The Kier molecular flexibility index (Phi) is 14.8. The van der Waals surface area contributed by atoms with Crippen LogP contribution >= 0.6 is 0 Å². The van der Waals surface area contributed by atoms with Crippen molar-refractivity contribution in [1.29, 1.82) is 0 Å². The van der Waals surface area contributed by atoms with Crippen LogP contribution in [0.4, 0.5) is 0 Å². The maximum Gasteiger partial charge on any atom is 0.494 e. The highest BCUT2D eigenvalue weighted by molar-refractivity contribution is 6.62. The molecule has 0 bridgehead atoms. The summed E-state index contributed by atoms with van der Waals surface area (Å²) in [6.07, 6.45) is 8.38. The summed E-state index contributed by atoms with van der Waals surface area (Å²) >= 11 is 0. The van der Waals surface area contributed by atoms with Gasteiger partial charge in [0.2, 0.25) is 0 Å². The van der Waals surface area contributed by atoms with Gasteiger partial charge in [-0.3, -0.25) is 0 Å². The maximum absolute atomic E-state index is 6.97. The van der Waals surface area contributed by atoms with Crippen molar-refractivity contribution in [1.82, 2.24) is 0 Å². The average Bonchev–Trinajstić information content (AvgIpc) is 4.15. The average molecular weight is 857 g/mol. The van der Waals surface area contributed by atoms with Crippen molar-refractivity contribution in [2.24, 2.45) is 23.7 Å². The minimum Gasteiger partial charge on any atom is -0.489 e. The van der Waals surface area contributed by atoms with Crippen LogP contribution in [0.1, 0.15) is 129 Å². The van der Waals surface area contributed by atoms with Crippen LogP contribution in [0.5, 0.6) is 23.0 Å². The zero-order chi connectivity index (χ0) is 44.1. The van der Waals surface area contributed by atoms with Crippen molar-refractivity contribution in [2.45, 2.75) is 112 Å². The molecule has 336 valence electrons. The van der Waals surface area contributed by atoms with Gasteiger partial charge in [-0.05, 0) is 103 Å². The van der Waals surface area contributed by atoms with Crippen LogP contribution in [0.15, 0.2) is 60.7 Å². The van der Waals surface area contributed by atoms with E-state index in [9.17, 15) is 0 Å². The van der Waals surface area contributed by atoms with Crippen molar-refractivity contribution in [3.05, 3.63) is 82.9 Å². The normalized spacial score (nSPS) is 15.9. The molecule has 4 aromatic rings. The van der Waals surface area contributed by atoms with E-state index in [2.05, 4.69) is 116 Å². The second-order valence-electron chi connectivity index (χ2n) is 18.2. The molecule has 2 fully saturated rings. The lowest BCUT2D eigenvalue weighted by atomic mass is 9.67. The van der Waals surface area contributed by atoms with Crippen LogP contribution in [-0.2, 0) is 24.0 Å². The second kappa shape index (κ2) is 20.5. The van der Waals surface area contributed by atoms with E-state index in [0.717, 1.165) is 108 Å². The molecule has 8 nitrogen and oxygen atoms in total. The van der Waals surface area contributed by atoms with E-state index in [-0.39, 0.29) is 0 Å². The second-order valence-corrected chi connectivity index (χ2v) is 18.2. The quantitative estimate of drug-likeness (QED) is 0.0625. The molecule has 2 aliphatic heterocycles. The van der Waals surface area contributed by atoms with Gasteiger partial charge < -0.3 is 37.6 Å². The summed E-state index contributed by atoms with van der Waals surface area (Å²) in [5.41, 5.74) is 10.4. The van der Waals surface area contributed by atoms with E-state index in [1.165, 1.54) is 22.3 Å². The molecule has 0 unspecified atom stereocenters. The van der Waals surface area contributed by atoms with Crippen molar-refractivity contribution >= 4 is 25.2 Å². The van der Waals surface area contributed by atoms with Gasteiger partial charge in [-0.15, -0.1) is 0 Å². The molecule has 1 spiro atoms. The zero-order valence-electron chi connectivity index (χ0n) is 39.3. The topological polar surface area (TPSA) is 73.8 Å². The van der Waals surface area contributed by atoms with E-state index in [1.807, 2.05) is 0 Å². The molecule has 63 heavy (non-hydrogen) atoms. The number of fused-ring (bicyclic) bond motifs is 10. The lowest BCUT2D eigenvalue weighted by molar-refractivity contribution is 0.204. The van der Waals surface area contributed by atoms with Gasteiger partial charge in [0.25, 0.3) is 0 Å². The molecule has 0 amide bonds. The molecule has 0 aromatic heterocycles. The van der Waals surface area contributed by atoms with Crippen LogP contribution in [0.3, 0.4) is 0 Å². The van der Waals surface area contributed by atoms with E-state index < -0.39 is 19.7 Å². The summed E-state index contributed by atoms with van der Waals surface area (Å²) in [5, 5.41) is 0. The molecular weight excluding hydrogens is 786 g/mol. The summed E-state index contributed by atoms with van der Waals surface area (Å²) < 4.78 is 52.4. The van der Waals surface area contributed by atoms with Gasteiger partial charge in [0.1, 0.15) is 0 Å². The Morgan fingerprint density at radius 2 is 0.683 bits per heavy atom. The summed E-state index contributed by atoms with van der Waals surface area (Å²) in [5.74, 6) is 4.86. The highest BCUT2D eigenvalue weighted by Gasteiger charge is 2.54. The molecule has 2 aliphatic carbocycles. The number of rotatable bonds is 22. The highest BCUT2D eigenvalue weighted by atomic mass is 16.6. The highest BCUT2D eigenvalue weighted by Crippen LogP contribution is 2.65. The predicted octanol–water partition coefficient (Wildman–Crippen LogP) is 10.8. The first-order valence-corrected chi connectivity index (χ1v) is 24.5. The van der Waals surface area contributed by atoms with E-state index in [1.54, 1.807) is 0 Å². The van der Waals surface area contributed by atoms with Crippen LogP contribution in [0.25, 0.3) is 22.3 Å². The van der Waals surface area contributed by atoms with Gasteiger partial charge in [0.15, 0.2) is 23.0 Å². The summed E-state index contributed by atoms with van der Waals surface area (Å²) in [4.78, 5) is 0. The van der Waals surface area contributed by atoms with E-state index in [0.29, 0.717) is 76.5 Å². The van der Waals surface area contributed by atoms with Gasteiger partial charge in [-0.1, -0.05) is 143 Å². The van der Waals surface area contributed by atoms with Gasteiger partial charge in [-0.2, -0.15) is 0 Å². The molecule has 2 saturated heterocycles. The fraction of sp³-hybridized carbons (Fsp3) is 0.547. The monoisotopic (exact) mass is 857 g/mol. The van der Waals surface area contributed by atoms with Crippen molar-refractivity contribution in [2.75, 3.05) is 52.9 Å². The summed E-state index contributed by atoms with van der Waals surface area (Å²) in [6.45, 7) is 22.7. The Morgan fingerprint density at radius 3 is 0.984 bits per heavy atom. The van der Waals surface area contributed by atoms with Gasteiger partial charge >= 0.3 is 14.2 Å². The van der Waals surface area contributed by atoms with Crippen LogP contribution in [-0.4, -0.2) is 67.1 Å². The van der Waals surface area contributed by atoms with Crippen molar-refractivity contribution in [3.63, 3.8) is 0 Å². The minimum absolute atomic E-state index is 0.428. The first-order valence-electron chi connectivity index (χ1n) is 24.5. The molecule has 0 radical (unpaired) electrons. The van der Waals surface area contributed by atoms with Crippen LogP contribution < -0.4 is 29.9 Å². The Balaban J connectivity index is 1.42. The maximum atomic E-state index is 6.97. The third-order valence-electron chi connectivity index (χ3n) is 14.8. The fourth-order valence-electron chi connectivity index (χ4n) is 10.0. The van der Waals surface area contributed by atoms with Gasteiger partial charge in [-0.25, -0.2) is 0 Å². The summed E-state index contributed by atoms with van der Waals surface area (Å²) in [6, 6.07) is 22.7. The smallest absolute Gasteiger partial charge is 0.489 e. The van der Waals surface area contributed by atoms with Crippen LogP contribution in [0.2, 0.25) is 0 Å². The number of benzene rings is 4. The molecule has 10 heteroatoms. The van der Waals surface area contributed by atoms with E-state index >= 15 is 0 Å². The fourth-order valence-corrected chi connectivity index (χ4v) is 10.0. The Bertz CT molecular complexity index is 2010. The van der Waals surface area contributed by atoms with Crippen molar-refractivity contribution < 1.29 is 37.6 Å². The van der Waals surface area contributed by atoms with Crippen molar-refractivity contribution in [3.8, 4) is 45.3 Å². The van der Waals surface area contributed by atoms with Gasteiger partial charge in [0.05, 0.1) is 58.3 Å². The summed E-state index contributed by atoms with van der Waals surface area (Å²) in [7, 11) is -0.876. The standard InChI is InChI=1S/C53H70B2O8/c1-9-35(10-2)31-56-49-27-43-44-28-50(57-32-36(11-3)12-4)52(59-34-38(15-7)16-8)30-48(44)53(47(43)29-51(49)58-33-37(13-5)14-6)45-25-39(54-60-21-22-61-54)17-19-41(45)42-20-18-40(26-46(42)53)55-62-23-24-63-55/h17-20,25-30,35-38H,9-16,21-24,31-34H2,1-8H3. The molecule has 8 rings (SSSR count). The molecule has 2 heterocycles. The lowest BCUT2D eigenvalue weighted by Crippen LogP contribution is -2.35.